The number of hydrogen-bond donors (Lipinski definition) is 2. The molecule has 0 unspecified atom stereocenters. The Hall–Kier alpha value is -2.08. The summed E-state index contributed by atoms with van der Waals surface area (Å²) in [6, 6.07) is 5.13. The summed E-state index contributed by atoms with van der Waals surface area (Å²) >= 11 is 0. The maximum absolute atomic E-state index is 11.9. The van der Waals surface area contributed by atoms with Crippen LogP contribution in [0.4, 0.5) is 0 Å². The first-order valence-corrected chi connectivity index (χ1v) is 6.27. The number of carbonyl (C=O) groups excluding carboxylic acids is 2. The number of nitrogens with one attached hydrogen (secondary N) is 2. The van der Waals surface area contributed by atoms with E-state index in [-0.39, 0.29) is 18.4 Å². The summed E-state index contributed by atoms with van der Waals surface area (Å²) in [6.07, 6.45) is 0. The molecule has 1 aromatic rings. The van der Waals surface area contributed by atoms with Crippen LogP contribution in [0.1, 0.15) is 15.9 Å². The smallest absolute Gasteiger partial charge is 0.251 e. The van der Waals surface area contributed by atoms with Crippen molar-refractivity contribution in [1.82, 2.24) is 10.6 Å². The Morgan fingerprint density at radius 2 is 1.95 bits per heavy atom. The highest BCUT2D eigenvalue weighted by Crippen LogP contribution is 2.18. The van der Waals surface area contributed by atoms with Crippen molar-refractivity contribution >= 4 is 11.8 Å². The van der Waals surface area contributed by atoms with E-state index in [9.17, 15) is 9.59 Å². The van der Waals surface area contributed by atoms with E-state index in [4.69, 9.17) is 9.47 Å². The van der Waals surface area contributed by atoms with Gasteiger partial charge in [-0.05, 0) is 24.6 Å². The van der Waals surface area contributed by atoms with Crippen molar-refractivity contribution < 1.29 is 19.1 Å². The quantitative estimate of drug-likeness (QED) is 0.713. The average molecular weight is 280 g/mol. The highest BCUT2D eigenvalue weighted by Gasteiger charge is 2.09. The maximum atomic E-state index is 11.9. The maximum Gasteiger partial charge on any atom is 0.251 e. The fourth-order valence-corrected chi connectivity index (χ4v) is 1.58. The monoisotopic (exact) mass is 280 g/mol. The Morgan fingerprint density at radius 3 is 2.60 bits per heavy atom. The molecule has 0 aliphatic rings. The number of hydrogen-bond acceptors (Lipinski definition) is 4. The molecule has 2 N–H and O–H groups in total. The van der Waals surface area contributed by atoms with Gasteiger partial charge in [-0.25, -0.2) is 0 Å². The highest BCUT2D eigenvalue weighted by atomic mass is 16.5. The first-order chi connectivity index (χ1) is 9.58. The Bertz CT molecular complexity index is 474. The van der Waals surface area contributed by atoms with E-state index in [1.165, 1.54) is 0 Å². The molecule has 0 fully saturated rings. The Labute approximate surface area is 118 Å². The molecule has 0 atom stereocenters. The molecule has 1 aromatic carbocycles. The summed E-state index contributed by atoms with van der Waals surface area (Å²) in [6.45, 7) is 2.68. The van der Waals surface area contributed by atoms with E-state index in [1.807, 2.05) is 6.92 Å². The van der Waals surface area contributed by atoms with Gasteiger partial charge in [0.2, 0.25) is 5.91 Å². The molecule has 2 amide bonds. The zero-order chi connectivity index (χ0) is 15.0. The van der Waals surface area contributed by atoms with Crippen molar-refractivity contribution in [2.75, 3.05) is 33.9 Å². The molecule has 0 aromatic heterocycles. The number of ether oxygens (including phenoxy) is 2. The van der Waals surface area contributed by atoms with Gasteiger partial charge in [0.1, 0.15) is 5.75 Å². The summed E-state index contributed by atoms with van der Waals surface area (Å²) in [5.41, 5.74) is 1.40. The second-order valence-corrected chi connectivity index (χ2v) is 4.21. The van der Waals surface area contributed by atoms with Crippen LogP contribution in [0, 0.1) is 6.92 Å². The number of methoxy groups -OCH3 is 2. The molecule has 0 aliphatic carbocycles. The summed E-state index contributed by atoms with van der Waals surface area (Å²) in [4.78, 5) is 23.3. The van der Waals surface area contributed by atoms with E-state index < -0.39 is 0 Å². The minimum absolute atomic E-state index is 0.0707. The lowest BCUT2D eigenvalue weighted by atomic mass is 10.1. The first-order valence-electron chi connectivity index (χ1n) is 6.27. The molecular weight excluding hydrogens is 260 g/mol. The van der Waals surface area contributed by atoms with Crippen molar-refractivity contribution in [3.63, 3.8) is 0 Å². The van der Waals surface area contributed by atoms with Gasteiger partial charge in [-0.15, -0.1) is 0 Å². The number of rotatable bonds is 7. The van der Waals surface area contributed by atoms with Gasteiger partial charge < -0.3 is 20.1 Å². The summed E-state index contributed by atoms with van der Waals surface area (Å²) in [5.74, 6) is 0.0712. The molecule has 6 nitrogen and oxygen atoms in total. The summed E-state index contributed by atoms with van der Waals surface area (Å²) < 4.78 is 9.96. The lowest BCUT2D eigenvalue weighted by Gasteiger charge is -2.09. The van der Waals surface area contributed by atoms with Crippen LogP contribution >= 0.6 is 0 Å². The van der Waals surface area contributed by atoms with Gasteiger partial charge in [0, 0.05) is 19.2 Å². The Balaban J connectivity index is 2.48. The molecule has 0 radical (unpaired) electrons. The zero-order valence-electron chi connectivity index (χ0n) is 12.0. The molecule has 0 heterocycles. The third-order valence-corrected chi connectivity index (χ3v) is 2.71. The van der Waals surface area contributed by atoms with Crippen LogP contribution in [0.5, 0.6) is 5.75 Å². The molecule has 110 valence electrons. The van der Waals surface area contributed by atoms with E-state index in [1.54, 1.807) is 32.4 Å². The lowest BCUT2D eigenvalue weighted by Crippen LogP contribution is -2.38. The van der Waals surface area contributed by atoms with Gasteiger partial charge in [0.05, 0.1) is 20.3 Å². The third-order valence-electron chi connectivity index (χ3n) is 2.71. The van der Waals surface area contributed by atoms with Gasteiger partial charge in [0.25, 0.3) is 5.91 Å². The van der Waals surface area contributed by atoms with Crippen molar-refractivity contribution in [2.45, 2.75) is 6.92 Å². The van der Waals surface area contributed by atoms with Gasteiger partial charge in [-0.1, -0.05) is 6.07 Å². The minimum Gasteiger partial charge on any atom is -0.496 e. The average Bonchev–Trinajstić information content (AvgIpc) is 2.45. The molecule has 6 heteroatoms. The van der Waals surface area contributed by atoms with Gasteiger partial charge in [-0.2, -0.15) is 0 Å². The van der Waals surface area contributed by atoms with Crippen LogP contribution < -0.4 is 15.4 Å². The van der Waals surface area contributed by atoms with E-state index in [0.717, 1.165) is 5.56 Å². The normalized spacial score (nSPS) is 9.95. The van der Waals surface area contributed by atoms with Crippen LogP contribution in [0.3, 0.4) is 0 Å². The third kappa shape index (κ3) is 4.89. The van der Waals surface area contributed by atoms with Crippen LogP contribution in [0.25, 0.3) is 0 Å². The number of aryl methyl sites for hydroxylation is 1. The van der Waals surface area contributed by atoms with Gasteiger partial charge >= 0.3 is 0 Å². The van der Waals surface area contributed by atoms with Gasteiger partial charge in [-0.3, -0.25) is 9.59 Å². The fourth-order valence-electron chi connectivity index (χ4n) is 1.58. The molecule has 0 spiro atoms. The van der Waals surface area contributed by atoms with Crippen LogP contribution in [-0.4, -0.2) is 45.7 Å². The zero-order valence-corrected chi connectivity index (χ0v) is 12.0. The second-order valence-electron chi connectivity index (χ2n) is 4.21. The van der Waals surface area contributed by atoms with E-state index in [2.05, 4.69) is 10.6 Å². The largest absolute Gasteiger partial charge is 0.496 e. The fraction of sp³-hybridized carbons (Fsp3) is 0.429. The van der Waals surface area contributed by atoms with Crippen LogP contribution in [-0.2, 0) is 9.53 Å². The molecule has 1 rings (SSSR count). The number of benzene rings is 1. The Kier molecular flexibility index (Phi) is 6.52. The second kappa shape index (κ2) is 8.16. The highest BCUT2D eigenvalue weighted by molar-refractivity contribution is 5.96. The minimum atomic E-state index is -0.315. The van der Waals surface area contributed by atoms with Crippen molar-refractivity contribution in [1.29, 1.82) is 0 Å². The van der Waals surface area contributed by atoms with Crippen molar-refractivity contribution in [2.24, 2.45) is 0 Å². The molecule has 0 saturated carbocycles. The number of carbonyl (C=O) groups is 2. The molecule has 0 bridgehead atoms. The van der Waals surface area contributed by atoms with Gasteiger partial charge in [0.15, 0.2) is 0 Å². The van der Waals surface area contributed by atoms with E-state index >= 15 is 0 Å². The summed E-state index contributed by atoms with van der Waals surface area (Å²) in [5, 5.41) is 5.17. The van der Waals surface area contributed by atoms with Crippen molar-refractivity contribution in [3.8, 4) is 5.75 Å². The summed E-state index contributed by atoms with van der Waals surface area (Å²) in [7, 11) is 3.10. The van der Waals surface area contributed by atoms with Crippen molar-refractivity contribution in [3.05, 3.63) is 29.3 Å². The molecular formula is C14H20N2O4. The van der Waals surface area contributed by atoms with Crippen LogP contribution in [0.15, 0.2) is 18.2 Å². The SMILES string of the molecule is COCCNC(=O)CNC(=O)c1ccc(C)c(OC)c1. The molecule has 0 aliphatic heterocycles. The standard InChI is InChI=1S/C14H20N2O4/c1-10-4-5-11(8-12(10)20-3)14(18)16-9-13(17)15-6-7-19-2/h4-5,8H,6-7,9H2,1-3H3,(H,15,17)(H,16,18). The first kappa shape index (κ1) is 16.0. The molecule has 0 saturated heterocycles. The molecule has 20 heavy (non-hydrogen) atoms. The lowest BCUT2D eigenvalue weighted by molar-refractivity contribution is -0.120. The Morgan fingerprint density at radius 1 is 1.20 bits per heavy atom. The predicted molar refractivity (Wildman–Crippen MR) is 74.9 cm³/mol. The number of amides is 2. The van der Waals surface area contributed by atoms with Crippen LogP contribution in [0.2, 0.25) is 0 Å². The predicted octanol–water partition coefficient (Wildman–Crippen LogP) is 0.496. The topological polar surface area (TPSA) is 76.7 Å². The van der Waals surface area contributed by atoms with E-state index in [0.29, 0.717) is 24.5 Å².